The molecule has 0 heterocycles. The standard InChI is InChI=1S/C16H22O2/c1-4-6-7-8-14-9-11-15(12-10-14)13(3)16(17)18-5-2/h9-12H,3-8H2,1-2H3. The minimum atomic E-state index is -0.337. The minimum Gasteiger partial charge on any atom is -0.462 e. The highest BCUT2D eigenvalue weighted by Gasteiger charge is 2.09. The highest BCUT2D eigenvalue weighted by Crippen LogP contribution is 2.16. The highest BCUT2D eigenvalue weighted by molar-refractivity contribution is 6.15. The van der Waals surface area contributed by atoms with Gasteiger partial charge in [0.25, 0.3) is 0 Å². The monoisotopic (exact) mass is 246 g/mol. The molecule has 0 N–H and O–H groups in total. The molecule has 0 radical (unpaired) electrons. The fourth-order valence-corrected chi connectivity index (χ4v) is 1.79. The molecular weight excluding hydrogens is 224 g/mol. The first-order valence-corrected chi connectivity index (χ1v) is 6.64. The Hall–Kier alpha value is -1.57. The third kappa shape index (κ3) is 4.36. The lowest BCUT2D eigenvalue weighted by Gasteiger charge is -2.06. The summed E-state index contributed by atoms with van der Waals surface area (Å²) in [5.41, 5.74) is 2.58. The van der Waals surface area contributed by atoms with Crippen molar-refractivity contribution in [2.24, 2.45) is 0 Å². The topological polar surface area (TPSA) is 26.3 Å². The molecule has 1 rings (SSSR count). The summed E-state index contributed by atoms with van der Waals surface area (Å²) in [6.07, 6.45) is 4.81. The molecule has 2 heteroatoms. The molecule has 0 aliphatic heterocycles. The Morgan fingerprint density at radius 3 is 2.39 bits per heavy atom. The summed E-state index contributed by atoms with van der Waals surface area (Å²) in [7, 11) is 0. The van der Waals surface area contributed by atoms with Gasteiger partial charge in [-0.05, 0) is 30.9 Å². The summed E-state index contributed by atoms with van der Waals surface area (Å²) in [5.74, 6) is -0.337. The van der Waals surface area contributed by atoms with Crippen molar-refractivity contribution in [1.82, 2.24) is 0 Å². The van der Waals surface area contributed by atoms with Crippen molar-refractivity contribution < 1.29 is 9.53 Å². The zero-order valence-electron chi connectivity index (χ0n) is 11.4. The molecule has 0 atom stereocenters. The van der Waals surface area contributed by atoms with E-state index in [1.165, 1.54) is 24.8 Å². The zero-order valence-corrected chi connectivity index (χ0v) is 11.4. The number of hydrogen-bond donors (Lipinski definition) is 0. The fourth-order valence-electron chi connectivity index (χ4n) is 1.79. The van der Waals surface area contributed by atoms with Crippen LogP contribution in [0.1, 0.15) is 44.2 Å². The number of hydrogen-bond acceptors (Lipinski definition) is 2. The van der Waals surface area contributed by atoms with E-state index in [-0.39, 0.29) is 5.97 Å². The predicted molar refractivity (Wildman–Crippen MR) is 75.3 cm³/mol. The Labute approximate surface area is 110 Å². The summed E-state index contributed by atoms with van der Waals surface area (Å²) in [4.78, 5) is 11.5. The molecule has 1 aromatic carbocycles. The molecule has 18 heavy (non-hydrogen) atoms. The van der Waals surface area contributed by atoms with Gasteiger partial charge in [0.1, 0.15) is 0 Å². The molecule has 0 saturated heterocycles. The second-order valence-electron chi connectivity index (χ2n) is 4.35. The van der Waals surface area contributed by atoms with Crippen molar-refractivity contribution >= 4 is 11.5 Å². The van der Waals surface area contributed by atoms with Gasteiger partial charge in [0.2, 0.25) is 0 Å². The third-order valence-electron chi connectivity index (χ3n) is 2.89. The van der Waals surface area contributed by atoms with Crippen LogP contribution in [0.15, 0.2) is 30.8 Å². The number of aryl methyl sites for hydroxylation is 1. The molecule has 0 bridgehead atoms. The second-order valence-corrected chi connectivity index (χ2v) is 4.35. The molecule has 0 saturated carbocycles. The van der Waals surface area contributed by atoms with Gasteiger partial charge in [-0.25, -0.2) is 4.79 Å². The molecule has 2 nitrogen and oxygen atoms in total. The van der Waals surface area contributed by atoms with E-state index in [2.05, 4.69) is 25.6 Å². The normalized spacial score (nSPS) is 10.1. The van der Waals surface area contributed by atoms with Gasteiger partial charge in [0, 0.05) is 0 Å². The Bertz CT molecular complexity index is 390. The van der Waals surface area contributed by atoms with E-state index < -0.39 is 0 Å². The first-order chi connectivity index (χ1) is 8.69. The summed E-state index contributed by atoms with van der Waals surface area (Å²) in [5, 5.41) is 0. The molecule has 0 spiro atoms. The Balaban J connectivity index is 2.59. The van der Waals surface area contributed by atoms with E-state index in [0.29, 0.717) is 12.2 Å². The first kappa shape index (κ1) is 14.5. The van der Waals surface area contributed by atoms with Gasteiger partial charge in [0.05, 0.1) is 12.2 Å². The van der Waals surface area contributed by atoms with Gasteiger partial charge in [-0.15, -0.1) is 0 Å². The number of carbonyl (C=O) groups is 1. The quantitative estimate of drug-likeness (QED) is 0.413. The van der Waals surface area contributed by atoms with Gasteiger partial charge in [-0.2, -0.15) is 0 Å². The summed E-state index contributed by atoms with van der Waals surface area (Å²) >= 11 is 0. The van der Waals surface area contributed by atoms with Crippen LogP contribution >= 0.6 is 0 Å². The third-order valence-corrected chi connectivity index (χ3v) is 2.89. The molecule has 0 aliphatic carbocycles. The lowest BCUT2D eigenvalue weighted by atomic mass is 10.0. The van der Waals surface area contributed by atoms with Crippen LogP contribution in [0.25, 0.3) is 5.57 Å². The SMILES string of the molecule is C=C(C(=O)OCC)c1ccc(CCCCC)cc1. The van der Waals surface area contributed by atoms with E-state index in [1.54, 1.807) is 6.92 Å². The number of unbranched alkanes of at least 4 members (excludes halogenated alkanes) is 2. The Morgan fingerprint density at radius 2 is 1.83 bits per heavy atom. The molecule has 0 aliphatic rings. The van der Waals surface area contributed by atoms with Gasteiger partial charge < -0.3 is 4.74 Å². The average molecular weight is 246 g/mol. The number of benzene rings is 1. The maximum absolute atomic E-state index is 11.5. The fraction of sp³-hybridized carbons (Fsp3) is 0.438. The maximum atomic E-state index is 11.5. The molecule has 98 valence electrons. The maximum Gasteiger partial charge on any atom is 0.338 e. The zero-order chi connectivity index (χ0) is 13.4. The van der Waals surface area contributed by atoms with Crippen LogP contribution in [-0.4, -0.2) is 12.6 Å². The average Bonchev–Trinajstić information content (AvgIpc) is 2.39. The summed E-state index contributed by atoms with van der Waals surface area (Å²) in [6.45, 7) is 8.15. The minimum absolute atomic E-state index is 0.337. The first-order valence-electron chi connectivity index (χ1n) is 6.64. The van der Waals surface area contributed by atoms with E-state index in [9.17, 15) is 4.79 Å². The van der Waals surface area contributed by atoms with Gasteiger partial charge >= 0.3 is 5.97 Å². The largest absolute Gasteiger partial charge is 0.462 e. The van der Waals surface area contributed by atoms with Crippen LogP contribution in [0.4, 0.5) is 0 Å². The lowest BCUT2D eigenvalue weighted by Crippen LogP contribution is -2.05. The summed E-state index contributed by atoms with van der Waals surface area (Å²) in [6, 6.07) is 8.02. The molecule has 1 aromatic rings. The van der Waals surface area contributed by atoms with Crippen molar-refractivity contribution in [2.75, 3.05) is 6.61 Å². The molecule has 0 aromatic heterocycles. The number of carbonyl (C=O) groups excluding carboxylic acids is 1. The molecule has 0 fully saturated rings. The van der Waals surface area contributed by atoms with Crippen LogP contribution in [0.3, 0.4) is 0 Å². The van der Waals surface area contributed by atoms with Crippen LogP contribution in [0.2, 0.25) is 0 Å². The van der Waals surface area contributed by atoms with Crippen molar-refractivity contribution in [3.63, 3.8) is 0 Å². The van der Waals surface area contributed by atoms with E-state index >= 15 is 0 Å². The Morgan fingerprint density at radius 1 is 1.17 bits per heavy atom. The van der Waals surface area contributed by atoms with E-state index in [0.717, 1.165) is 12.0 Å². The lowest BCUT2D eigenvalue weighted by molar-refractivity contribution is -0.136. The van der Waals surface area contributed by atoms with Crippen LogP contribution in [0, 0.1) is 0 Å². The molecule has 0 unspecified atom stereocenters. The van der Waals surface area contributed by atoms with Gasteiger partial charge in [0.15, 0.2) is 0 Å². The highest BCUT2D eigenvalue weighted by atomic mass is 16.5. The van der Waals surface area contributed by atoms with Crippen molar-refractivity contribution in [2.45, 2.75) is 39.5 Å². The number of rotatable bonds is 7. The summed E-state index contributed by atoms with van der Waals surface area (Å²) < 4.78 is 4.93. The van der Waals surface area contributed by atoms with Gasteiger partial charge in [-0.3, -0.25) is 0 Å². The molecular formula is C16H22O2. The predicted octanol–water partition coefficient (Wildman–Crippen LogP) is 4.00. The number of esters is 1. The van der Waals surface area contributed by atoms with Crippen LogP contribution in [0.5, 0.6) is 0 Å². The van der Waals surface area contributed by atoms with Gasteiger partial charge in [-0.1, -0.05) is 50.6 Å². The Kier molecular flexibility index (Phi) is 6.20. The van der Waals surface area contributed by atoms with Crippen LogP contribution < -0.4 is 0 Å². The van der Waals surface area contributed by atoms with E-state index in [1.807, 2.05) is 12.1 Å². The molecule has 0 amide bonds. The smallest absolute Gasteiger partial charge is 0.338 e. The van der Waals surface area contributed by atoms with Crippen molar-refractivity contribution in [3.05, 3.63) is 42.0 Å². The van der Waals surface area contributed by atoms with Crippen LogP contribution in [-0.2, 0) is 16.0 Å². The van der Waals surface area contributed by atoms with Crippen molar-refractivity contribution in [1.29, 1.82) is 0 Å². The second kappa shape index (κ2) is 7.70. The number of ether oxygens (including phenoxy) is 1. The van der Waals surface area contributed by atoms with Crippen molar-refractivity contribution in [3.8, 4) is 0 Å². The van der Waals surface area contributed by atoms with E-state index in [4.69, 9.17) is 4.74 Å².